The van der Waals surface area contributed by atoms with Gasteiger partial charge in [0.25, 0.3) is 5.91 Å². The molecule has 1 amide bonds. The Balaban J connectivity index is 1.54. The Labute approximate surface area is 160 Å². The van der Waals surface area contributed by atoms with Gasteiger partial charge in [-0.1, -0.05) is 0 Å². The van der Waals surface area contributed by atoms with Crippen LogP contribution in [0, 0.1) is 0 Å². The lowest BCUT2D eigenvalue weighted by molar-refractivity contribution is -0.119. The van der Waals surface area contributed by atoms with E-state index in [1.807, 2.05) is 29.1 Å². The number of hydrogen-bond acceptors (Lipinski definition) is 6. The molecule has 27 heavy (non-hydrogen) atoms. The lowest BCUT2D eigenvalue weighted by Gasteiger charge is -2.08. The average molecular weight is 406 g/mol. The zero-order valence-electron chi connectivity index (χ0n) is 14.2. The smallest absolute Gasteiger partial charge is 0.255 e. The summed E-state index contributed by atoms with van der Waals surface area (Å²) in [6, 6.07) is 9.62. The number of amides is 1. The summed E-state index contributed by atoms with van der Waals surface area (Å²) in [5.41, 5.74) is 6.89. The van der Waals surface area contributed by atoms with Gasteiger partial charge in [-0.05, 0) is 41.8 Å². The maximum absolute atomic E-state index is 12.3. The lowest BCUT2D eigenvalue weighted by atomic mass is 10.2. The molecule has 10 heteroatoms. The number of aromatic nitrogens is 2. The monoisotopic (exact) mass is 406 g/mol. The van der Waals surface area contributed by atoms with Crippen LogP contribution in [0.15, 0.2) is 58.3 Å². The van der Waals surface area contributed by atoms with Crippen molar-refractivity contribution in [3.63, 3.8) is 0 Å². The molecule has 0 spiro atoms. The molecule has 0 saturated heterocycles. The van der Waals surface area contributed by atoms with Crippen LogP contribution in [0.3, 0.4) is 0 Å². The summed E-state index contributed by atoms with van der Waals surface area (Å²) >= 11 is 1.60. The first kappa shape index (κ1) is 19.1. The van der Waals surface area contributed by atoms with Crippen LogP contribution in [0.4, 0.5) is 0 Å². The van der Waals surface area contributed by atoms with E-state index in [9.17, 15) is 13.2 Å². The van der Waals surface area contributed by atoms with E-state index < -0.39 is 15.9 Å². The quantitative estimate of drug-likeness (QED) is 0.558. The van der Waals surface area contributed by atoms with Crippen LogP contribution in [0.5, 0.6) is 5.75 Å². The standard InChI is InChI=1S/C17H18N4O4S2/c18-17(22)11-25-14-1-3-15(4-2-14)27(23,24)19-7-9-21-8-5-16(20-21)13-6-10-26-12-13/h1-6,8,10,12,19H,7,9,11H2,(H2,18,22). The second kappa shape index (κ2) is 8.33. The summed E-state index contributed by atoms with van der Waals surface area (Å²) in [6.07, 6.45) is 1.81. The zero-order chi connectivity index (χ0) is 19.3. The van der Waals surface area contributed by atoms with E-state index in [0.717, 1.165) is 11.3 Å². The predicted molar refractivity (Wildman–Crippen MR) is 102 cm³/mol. The van der Waals surface area contributed by atoms with Crippen molar-refractivity contribution in [3.05, 3.63) is 53.4 Å². The Morgan fingerprint density at radius 1 is 1.22 bits per heavy atom. The highest BCUT2D eigenvalue weighted by Crippen LogP contribution is 2.19. The molecule has 0 atom stereocenters. The van der Waals surface area contributed by atoms with Crippen LogP contribution in [-0.4, -0.2) is 37.3 Å². The Kier molecular flexibility index (Phi) is 5.89. The van der Waals surface area contributed by atoms with E-state index in [1.165, 1.54) is 24.3 Å². The van der Waals surface area contributed by atoms with Gasteiger partial charge in [-0.25, -0.2) is 13.1 Å². The first-order valence-electron chi connectivity index (χ1n) is 8.01. The van der Waals surface area contributed by atoms with Crippen LogP contribution in [0.1, 0.15) is 0 Å². The van der Waals surface area contributed by atoms with Crippen LogP contribution in [0.25, 0.3) is 11.3 Å². The molecule has 2 heterocycles. The molecular formula is C17H18N4O4S2. The number of rotatable bonds is 9. The minimum Gasteiger partial charge on any atom is -0.484 e. The highest BCUT2D eigenvalue weighted by molar-refractivity contribution is 7.89. The van der Waals surface area contributed by atoms with Crippen molar-refractivity contribution in [2.75, 3.05) is 13.2 Å². The Morgan fingerprint density at radius 3 is 2.67 bits per heavy atom. The fourth-order valence-corrected chi connectivity index (χ4v) is 3.97. The molecule has 0 unspecified atom stereocenters. The lowest BCUT2D eigenvalue weighted by Crippen LogP contribution is -2.27. The first-order chi connectivity index (χ1) is 12.9. The number of nitrogens with zero attached hydrogens (tertiary/aromatic N) is 2. The SMILES string of the molecule is NC(=O)COc1ccc(S(=O)(=O)NCCn2ccc(-c3ccsc3)n2)cc1. The van der Waals surface area contributed by atoms with Crippen molar-refractivity contribution in [3.8, 4) is 17.0 Å². The van der Waals surface area contributed by atoms with E-state index in [1.54, 1.807) is 16.0 Å². The molecule has 0 aliphatic heterocycles. The number of ether oxygens (including phenoxy) is 1. The maximum atomic E-state index is 12.3. The molecule has 3 aromatic rings. The van der Waals surface area contributed by atoms with Crippen LogP contribution in [-0.2, 0) is 21.4 Å². The number of carbonyl (C=O) groups is 1. The molecule has 0 aliphatic rings. The summed E-state index contributed by atoms with van der Waals surface area (Å²) in [5.74, 6) is -0.237. The van der Waals surface area contributed by atoms with Crippen molar-refractivity contribution in [2.45, 2.75) is 11.4 Å². The average Bonchev–Trinajstić information content (AvgIpc) is 3.31. The molecule has 0 radical (unpaired) electrons. The van der Waals surface area contributed by atoms with Gasteiger partial charge in [0.15, 0.2) is 6.61 Å². The van der Waals surface area contributed by atoms with Gasteiger partial charge >= 0.3 is 0 Å². The van der Waals surface area contributed by atoms with E-state index >= 15 is 0 Å². The van der Waals surface area contributed by atoms with Crippen molar-refractivity contribution in [1.29, 1.82) is 0 Å². The normalized spacial score (nSPS) is 11.4. The van der Waals surface area contributed by atoms with Gasteiger partial charge in [0, 0.05) is 23.7 Å². The highest BCUT2D eigenvalue weighted by Gasteiger charge is 2.13. The van der Waals surface area contributed by atoms with Crippen molar-refractivity contribution in [2.24, 2.45) is 5.73 Å². The minimum absolute atomic E-state index is 0.105. The maximum Gasteiger partial charge on any atom is 0.255 e. The molecule has 1 aromatic carbocycles. The molecule has 0 bridgehead atoms. The number of benzene rings is 1. The third-order valence-electron chi connectivity index (χ3n) is 3.61. The third kappa shape index (κ3) is 5.16. The number of nitrogens with two attached hydrogens (primary N) is 1. The number of sulfonamides is 1. The van der Waals surface area contributed by atoms with Crippen LogP contribution < -0.4 is 15.2 Å². The largest absolute Gasteiger partial charge is 0.484 e. The van der Waals surface area contributed by atoms with Crippen molar-refractivity contribution < 1.29 is 17.9 Å². The Morgan fingerprint density at radius 2 is 2.00 bits per heavy atom. The van der Waals surface area contributed by atoms with Crippen LogP contribution >= 0.6 is 11.3 Å². The molecule has 2 aromatic heterocycles. The van der Waals surface area contributed by atoms with Gasteiger partial charge in [0.1, 0.15) is 5.75 Å². The van der Waals surface area contributed by atoms with Gasteiger partial charge in [0.2, 0.25) is 10.0 Å². The first-order valence-corrected chi connectivity index (χ1v) is 10.4. The zero-order valence-corrected chi connectivity index (χ0v) is 15.9. The molecule has 142 valence electrons. The second-order valence-electron chi connectivity index (χ2n) is 5.60. The fraction of sp³-hybridized carbons (Fsp3) is 0.176. The van der Waals surface area contributed by atoms with Crippen molar-refractivity contribution >= 4 is 27.3 Å². The topological polar surface area (TPSA) is 116 Å². The summed E-state index contributed by atoms with van der Waals surface area (Å²) in [4.78, 5) is 10.8. The molecule has 0 saturated carbocycles. The van der Waals surface area contributed by atoms with Gasteiger partial charge < -0.3 is 10.5 Å². The molecule has 3 rings (SSSR count). The number of thiophene rings is 1. The molecule has 8 nitrogen and oxygen atoms in total. The summed E-state index contributed by atoms with van der Waals surface area (Å²) < 4.78 is 34.0. The Hall–Kier alpha value is -2.69. The number of primary amides is 1. The van der Waals surface area contributed by atoms with Gasteiger partial charge in [-0.3, -0.25) is 9.48 Å². The Bertz CT molecular complexity index is 996. The van der Waals surface area contributed by atoms with E-state index in [0.29, 0.717) is 12.3 Å². The molecule has 3 N–H and O–H groups in total. The highest BCUT2D eigenvalue weighted by atomic mass is 32.2. The number of carbonyl (C=O) groups excluding carboxylic acids is 1. The third-order valence-corrected chi connectivity index (χ3v) is 5.77. The second-order valence-corrected chi connectivity index (χ2v) is 8.15. The van der Waals surface area contributed by atoms with Gasteiger partial charge in [0.05, 0.1) is 17.1 Å². The van der Waals surface area contributed by atoms with E-state index in [4.69, 9.17) is 10.5 Å². The van der Waals surface area contributed by atoms with Crippen molar-refractivity contribution in [1.82, 2.24) is 14.5 Å². The van der Waals surface area contributed by atoms with E-state index in [2.05, 4.69) is 9.82 Å². The summed E-state index contributed by atoms with van der Waals surface area (Å²) in [6.45, 7) is 0.345. The molecule has 0 aliphatic carbocycles. The number of nitrogens with one attached hydrogen (secondary N) is 1. The number of hydrogen-bond donors (Lipinski definition) is 2. The van der Waals surface area contributed by atoms with E-state index in [-0.39, 0.29) is 18.0 Å². The molecule has 0 fully saturated rings. The van der Waals surface area contributed by atoms with Gasteiger partial charge in [-0.15, -0.1) is 0 Å². The predicted octanol–water partition coefficient (Wildman–Crippen LogP) is 1.45. The van der Waals surface area contributed by atoms with Crippen LogP contribution in [0.2, 0.25) is 0 Å². The minimum atomic E-state index is -3.65. The van der Waals surface area contributed by atoms with Gasteiger partial charge in [-0.2, -0.15) is 16.4 Å². The summed E-state index contributed by atoms with van der Waals surface area (Å²) in [5, 5.41) is 8.41. The fourth-order valence-electron chi connectivity index (χ4n) is 2.30. The summed E-state index contributed by atoms with van der Waals surface area (Å²) in [7, 11) is -3.65. The molecular weight excluding hydrogens is 388 g/mol.